The molecule has 0 aliphatic heterocycles. The van der Waals surface area contributed by atoms with E-state index >= 15 is 0 Å². The van der Waals surface area contributed by atoms with E-state index in [0.29, 0.717) is 6.29 Å². The maximum atomic E-state index is 13.4. The number of halogens is 2. The van der Waals surface area contributed by atoms with Gasteiger partial charge < -0.3 is 0 Å². The van der Waals surface area contributed by atoms with Gasteiger partial charge in [0.2, 0.25) is 5.95 Å². The van der Waals surface area contributed by atoms with E-state index in [1.54, 1.807) is 6.07 Å². The maximum Gasteiger partial charge on any atom is 0.224 e. The summed E-state index contributed by atoms with van der Waals surface area (Å²) in [5, 5.41) is 0. The molecule has 0 fully saturated rings. The lowest BCUT2D eigenvalue weighted by molar-refractivity contribution is 0.111. The van der Waals surface area contributed by atoms with E-state index in [1.807, 2.05) is 0 Å². The minimum Gasteiger partial charge on any atom is -0.298 e. The van der Waals surface area contributed by atoms with Crippen LogP contribution in [0.5, 0.6) is 0 Å². The molecule has 0 bridgehead atoms. The first-order valence-corrected chi connectivity index (χ1v) is 4.59. The summed E-state index contributed by atoms with van der Waals surface area (Å²) in [5.41, 5.74) is 0.236. The molecule has 2 rings (SSSR count). The summed E-state index contributed by atoms with van der Waals surface area (Å²) < 4.78 is 26.6. The van der Waals surface area contributed by atoms with Crippen LogP contribution in [0.4, 0.5) is 8.78 Å². The molecule has 0 saturated heterocycles. The summed E-state index contributed by atoms with van der Waals surface area (Å²) in [4.78, 5) is 13.9. The number of aromatic nitrogens is 1. The molecule has 0 aliphatic carbocycles. The summed E-state index contributed by atoms with van der Waals surface area (Å²) in [7, 11) is 0. The fourth-order valence-corrected chi connectivity index (χ4v) is 1.35. The van der Waals surface area contributed by atoms with E-state index < -0.39 is 11.8 Å². The number of hydrogen-bond acceptors (Lipinski definition) is 2. The van der Waals surface area contributed by atoms with Gasteiger partial charge in [-0.15, -0.1) is 0 Å². The van der Waals surface area contributed by atoms with Gasteiger partial charge in [0, 0.05) is 5.56 Å². The zero-order chi connectivity index (χ0) is 11.5. The molecule has 2 nitrogen and oxygen atoms in total. The van der Waals surface area contributed by atoms with Crippen LogP contribution in [0.15, 0.2) is 36.4 Å². The Kier molecular flexibility index (Phi) is 2.72. The monoisotopic (exact) mass is 219 g/mol. The third-order valence-electron chi connectivity index (χ3n) is 2.15. The molecule has 4 heteroatoms. The SMILES string of the molecule is O=Cc1ccc(-c2ccccc2F)nc1F. The van der Waals surface area contributed by atoms with E-state index in [1.165, 1.54) is 30.3 Å². The second-order valence-electron chi connectivity index (χ2n) is 3.17. The van der Waals surface area contributed by atoms with E-state index in [0.717, 1.165) is 0 Å². The summed E-state index contributed by atoms with van der Waals surface area (Å²) in [6.07, 6.45) is 0.369. The number of nitrogens with zero attached hydrogens (tertiary/aromatic N) is 1. The van der Waals surface area contributed by atoms with Crippen molar-refractivity contribution in [3.05, 3.63) is 53.7 Å². The average molecular weight is 219 g/mol. The van der Waals surface area contributed by atoms with Gasteiger partial charge in [-0.3, -0.25) is 4.79 Å². The quantitative estimate of drug-likeness (QED) is 0.574. The summed E-state index contributed by atoms with van der Waals surface area (Å²) in [5.74, 6) is -1.37. The summed E-state index contributed by atoms with van der Waals surface area (Å²) in [6.45, 7) is 0. The van der Waals surface area contributed by atoms with Gasteiger partial charge in [0.25, 0.3) is 0 Å². The molecule has 0 saturated carbocycles. The summed E-state index contributed by atoms with van der Waals surface area (Å²) >= 11 is 0. The molecule has 1 aromatic carbocycles. The molecule has 2 aromatic rings. The molecule has 0 radical (unpaired) electrons. The van der Waals surface area contributed by atoms with Gasteiger partial charge in [0.05, 0.1) is 11.3 Å². The molecule has 0 spiro atoms. The van der Waals surface area contributed by atoms with Crippen LogP contribution in [-0.4, -0.2) is 11.3 Å². The van der Waals surface area contributed by atoms with E-state index in [-0.39, 0.29) is 16.8 Å². The Morgan fingerprint density at radius 2 is 1.81 bits per heavy atom. The number of aldehydes is 1. The van der Waals surface area contributed by atoms with E-state index in [4.69, 9.17) is 0 Å². The standard InChI is InChI=1S/C12H7F2NO/c13-10-4-2-1-3-9(10)11-6-5-8(7-16)12(14)15-11/h1-7H. The highest BCUT2D eigenvalue weighted by molar-refractivity contribution is 5.75. The van der Waals surface area contributed by atoms with Gasteiger partial charge >= 0.3 is 0 Å². The Balaban J connectivity index is 2.54. The first-order valence-electron chi connectivity index (χ1n) is 4.59. The van der Waals surface area contributed by atoms with Crippen LogP contribution in [0, 0.1) is 11.8 Å². The molecule has 1 heterocycles. The lowest BCUT2D eigenvalue weighted by Crippen LogP contribution is -1.95. The Bertz CT molecular complexity index is 540. The Labute approximate surface area is 90.6 Å². The van der Waals surface area contributed by atoms with Crippen LogP contribution >= 0.6 is 0 Å². The Hall–Kier alpha value is -2.10. The molecule has 0 atom stereocenters. The predicted octanol–water partition coefficient (Wildman–Crippen LogP) is 2.84. The van der Waals surface area contributed by atoms with Crippen molar-refractivity contribution in [3.8, 4) is 11.3 Å². The van der Waals surface area contributed by atoms with Crippen LogP contribution in [0.3, 0.4) is 0 Å². The molecular weight excluding hydrogens is 212 g/mol. The van der Waals surface area contributed by atoms with Crippen LogP contribution < -0.4 is 0 Å². The largest absolute Gasteiger partial charge is 0.298 e. The molecule has 0 unspecified atom stereocenters. The molecule has 0 aliphatic rings. The van der Waals surface area contributed by atoms with Gasteiger partial charge in [-0.1, -0.05) is 12.1 Å². The van der Waals surface area contributed by atoms with Crippen molar-refractivity contribution in [2.24, 2.45) is 0 Å². The van der Waals surface area contributed by atoms with Crippen molar-refractivity contribution in [2.45, 2.75) is 0 Å². The number of rotatable bonds is 2. The van der Waals surface area contributed by atoms with Crippen molar-refractivity contribution in [3.63, 3.8) is 0 Å². The molecule has 1 aromatic heterocycles. The Morgan fingerprint density at radius 3 is 2.44 bits per heavy atom. The van der Waals surface area contributed by atoms with Gasteiger partial charge in [-0.2, -0.15) is 4.39 Å². The second kappa shape index (κ2) is 4.18. The lowest BCUT2D eigenvalue weighted by Gasteiger charge is -2.02. The zero-order valence-electron chi connectivity index (χ0n) is 8.15. The van der Waals surface area contributed by atoms with Gasteiger partial charge in [0.1, 0.15) is 5.82 Å². The molecule has 16 heavy (non-hydrogen) atoms. The third kappa shape index (κ3) is 1.82. The fourth-order valence-electron chi connectivity index (χ4n) is 1.35. The number of hydrogen-bond donors (Lipinski definition) is 0. The maximum absolute atomic E-state index is 13.4. The second-order valence-corrected chi connectivity index (χ2v) is 3.17. The topological polar surface area (TPSA) is 30.0 Å². The minimum absolute atomic E-state index is 0.139. The third-order valence-corrected chi connectivity index (χ3v) is 2.15. The molecule has 0 amide bonds. The predicted molar refractivity (Wildman–Crippen MR) is 55.0 cm³/mol. The average Bonchev–Trinajstić information content (AvgIpc) is 2.29. The van der Waals surface area contributed by atoms with Crippen LogP contribution in [-0.2, 0) is 0 Å². The highest BCUT2D eigenvalue weighted by Crippen LogP contribution is 2.21. The number of carbonyl (C=O) groups excluding carboxylic acids is 1. The smallest absolute Gasteiger partial charge is 0.224 e. The van der Waals surface area contributed by atoms with Crippen molar-refractivity contribution in [1.29, 1.82) is 0 Å². The first kappa shape index (κ1) is 10.4. The van der Waals surface area contributed by atoms with Crippen molar-refractivity contribution < 1.29 is 13.6 Å². The van der Waals surface area contributed by atoms with Crippen molar-refractivity contribution in [1.82, 2.24) is 4.98 Å². The van der Waals surface area contributed by atoms with Gasteiger partial charge in [-0.25, -0.2) is 9.37 Å². The lowest BCUT2D eigenvalue weighted by atomic mass is 10.1. The van der Waals surface area contributed by atoms with E-state index in [9.17, 15) is 13.6 Å². The van der Waals surface area contributed by atoms with Crippen LogP contribution in [0.25, 0.3) is 11.3 Å². The minimum atomic E-state index is -0.893. The summed E-state index contributed by atoms with van der Waals surface area (Å²) in [6, 6.07) is 8.61. The fraction of sp³-hybridized carbons (Fsp3) is 0. The zero-order valence-corrected chi connectivity index (χ0v) is 8.15. The molecule has 0 N–H and O–H groups in total. The Morgan fingerprint density at radius 1 is 1.06 bits per heavy atom. The van der Waals surface area contributed by atoms with E-state index in [2.05, 4.69) is 4.98 Å². The van der Waals surface area contributed by atoms with Crippen LogP contribution in [0.1, 0.15) is 10.4 Å². The number of carbonyl (C=O) groups is 1. The van der Waals surface area contributed by atoms with Crippen molar-refractivity contribution >= 4 is 6.29 Å². The van der Waals surface area contributed by atoms with Gasteiger partial charge in [-0.05, 0) is 24.3 Å². The van der Waals surface area contributed by atoms with Crippen molar-refractivity contribution in [2.75, 3.05) is 0 Å². The number of benzene rings is 1. The van der Waals surface area contributed by atoms with Crippen LogP contribution in [0.2, 0.25) is 0 Å². The highest BCUT2D eigenvalue weighted by Gasteiger charge is 2.09. The normalized spacial score (nSPS) is 10.1. The first-order chi connectivity index (χ1) is 7.72. The highest BCUT2D eigenvalue weighted by atomic mass is 19.1. The molecular formula is C12H7F2NO. The number of pyridine rings is 1. The molecule has 80 valence electrons. The van der Waals surface area contributed by atoms with Gasteiger partial charge in [0.15, 0.2) is 6.29 Å².